The summed E-state index contributed by atoms with van der Waals surface area (Å²) in [4.78, 5) is 27.6. The maximum absolute atomic E-state index is 13.4. The topological polar surface area (TPSA) is 84.2 Å². The van der Waals surface area contributed by atoms with E-state index >= 15 is 0 Å². The number of hydrogen-bond donors (Lipinski definition) is 1. The molecule has 0 unspecified atom stereocenters. The van der Waals surface area contributed by atoms with Crippen LogP contribution in [0.25, 0.3) is 27.1 Å². The van der Waals surface area contributed by atoms with E-state index in [0.717, 1.165) is 29.7 Å². The molecule has 4 heterocycles. The number of benzene rings is 1. The summed E-state index contributed by atoms with van der Waals surface area (Å²) in [5.41, 5.74) is 4.03. The number of amides is 2. The van der Waals surface area contributed by atoms with E-state index in [1.165, 1.54) is 29.9 Å². The van der Waals surface area contributed by atoms with E-state index in [0.29, 0.717) is 51.3 Å². The molecule has 0 atom stereocenters. The van der Waals surface area contributed by atoms with Gasteiger partial charge in [0.05, 0.1) is 26.6 Å². The van der Waals surface area contributed by atoms with Gasteiger partial charge >= 0.3 is 6.03 Å². The summed E-state index contributed by atoms with van der Waals surface area (Å²) < 4.78 is 19.6. The Kier molecular flexibility index (Phi) is 6.30. The molecular formula is C24H21ClFN5O2S. The molecule has 0 aliphatic carbocycles. The number of carbonyl (C=O) groups excluding carboxylic acids is 1. The molecule has 0 fully saturated rings. The van der Waals surface area contributed by atoms with Crippen molar-refractivity contribution in [2.24, 2.45) is 0 Å². The Morgan fingerprint density at radius 1 is 1.32 bits per heavy atom. The van der Waals surface area contributed by atoms with Crippen LogP contribution in [0.1, 0.15) is 31.2 Å². The smallest absolute Gasteiger partial charge is 0.323 e. The summed E-state index contributed by atoms with van der Waals surface area (Å²) in [7, 11) is 0. The number of rotatable bonds is 5. The molecule has 0 bridgehead atoms. The second kappa shape index (κ2) is 9.52. The van der Waals surface area contributed by atoms with Gasteiger partial charge in [-0.05, 0) is 42.7 Å². The van der Waals surface area contributed by atoms with Crippen molar-refractivity contribution in [3.8, 4) is 11.3 Å². The number of aromatic nitrogens is 3. The largest absolute Gasteiger partial charge is 0.443 e. The van der Waals surface area contributed by atoms with Crippen molar-refractivity contribution < 1.29 is 13.6 Å². The lowest BCUT2D eigenvalue weighted by Gasteiger charge is -2.26. The van der Waals surface area contributed by atoms with Gasteiger partial charge in [-0.25, -0.2) is 19.2 Å². The van der Waals surface area contributed by atoms with E-state index in [4.69, 9.17) is 16.0 Å². The number of aryl methyl sites for hydroxylation is 1. The Morgan fingerprint density at radius 3 is 2.97 bits per heavy atom. The zero-order chi connectivity index (χ0) is 23.7. The van der Waals surface area contributed by atoms with E-state index in [9.17, 15) is 9.18 Å². The number of oxazole rings is 1. The molecule has 0 radical (unpaired) electrons. The number of hydrogen-bond acceptors (Lipinski definition) is 6. The number of halogens is 2. The van der Waals surface area contributed by atoms with Crippen LogP contribution in [0.15, 0.2) is 47.3 Å². The summed E-state index contributed by atoms with van der Waals surface area (Å²) in [6, 6.07) is 5.96. The van der Waals surface area contributed by atoms with Crippen LogP contribution in [0.4, 0.5) is 14.3 Å². The predicted molar refractivity (Wildman–Crippen MR) is 132 cm³/mol. The molecule has 10 heteroatoms. The SMILES string of the molecule is CCCc1ncoc1-c1cnc(C2=CCN(C(=O)Nc3nc4ccc(F)cc4s3)CC2)c(Cl)c1. The van der Waals surface area contributed by atoms with E-state index in [1.54, 1.807) is 17.2 Å². The second-order valence-corrected chi connectivity index (χ2v) is 9.36. The summed E-state index contributed by atoms with van der Waals surface area (Å²) >= 11 is 7.82. The number of anilines is 1. The molecule has 7 nitrogen and oxygen atoms in total. The first-order chi connectivity index (χ1) is 16.5. The molecule has 0 spiro atoms. The van der Waals surface area contributed by atoms with Gasteiger partial charge in [0.25, 0.3) is 0 Å². The summed E-state index contributed by atoms with van der Waals surface area (Å²) in [5, 5.41) is 3.78. The highest BCUT2D eigenvalue weighted by molar-refractivity contribution is 7.22. The third kappa shape index (κ3) is 4.53. The van der Waals surface area contributed by atoms with E-state index in [-0.39, 0.29) is 11.8 Å². The van der Waals surface area contributed by atoms with Crippen LogP contribution in [-0.2, 0) is 6.42 Å². The molecular weight excluding hydrogens is 477 g/mol. The van der Waals surface area contributed by atoms with Crippen molar-refractivity contribution in [1.82, 2.24) is 19.9 Å². The van der Waals surface area contributed by atoms with Crippen molar-refractivity contribution in [2.75, 3.05) is 18.4 Å². The molecule has 4 aromatic rings. The Morgan fingerprint density at radius 2 is 2.21 bits per heavy atom. The predicted octanol–water partition coefficient (Wildman–Crippen LogP) is 6.41. The van der Waals surface area contributed by atoms with Gasteiger partial charge in [0, 0.05) is 24.8 Å². The van der Waals surface area contributed by atoms with Crippen molar-refractivity contribution in [3.63, 3.8) is 0 Å². The number of fused-ring (bicyclic) bond motifs is 1. The number of nitrogens with zero attached hydrogens (tertiary/aromatic N) is 4. The highest BCUT2D eigenvalue weighted by Gasteiger charge is 2.22. The van der Waals surface area contributed by atoms with Gasteiger partial charge in [-0.2, -0.15) is 0 Å². The Balaban J connectivity index is 1.27. The van der Waals surface area contributed by atoms with Crippen LogP contribution < -0.4 is 5.32 Å². The number of nitrogens with one attached hydrogen (secondary N) is 1. The Bertz CT molecular complexity index is 1400. The van der Waals surface area contributed by atoms with Crippen LogP contribution in [0.3, 0.4) is 0 Å². The quantitative estimate of drug-likeness (QED) is 0.344. The first-order valence-electron chi connectivity index (χ1n) is 10.9. The fourth-order valence-corrected chi connectivity index (χ4v) is 5.08. The van der Waals surface area contributed by atoms with Gasteiger partial charge in [0.2, 0.25) is 0 Å². The molecule has 1 aromatic carbocycles. The monoisotopic (exact) mass is 497 g/mol. The normalized spacial score (nSPS) is 13.9. The van der Waals surface area contributed by atoms with Gasteiger partial charge in [0.15, 0.2) is 17.3 Å². The van der Waals surface area contributed by atoms with Crippen molar-refractivity contribution >= 4 is 49.9 Å². The van der Waals surface area contributed by atoms with Gasteiger partial charge < -0.3 is 9.32 Å². The molecule has 5 rings (SSSR count). The van der Waals surface area contributed by atoms with Crippen LogP contribution in [-0.4, -0.2) is 39.0 Å². The lowest BCUT2D eigenvalue weighted by Crippen LogP contribution is -2.37. The molecule has 174 valence electrons. The third-order valence-electron chi connectivity index (χ3n) is 5.60. The van der Waals surface area contributed by atoms with Crippen LogP contribution >= 0.6 is 22.9 Å². The summed E-state index contributed by atoms with van der Waals surface area (Å²) in [6.07, 6.45) is 7.56. The van der Waals surface area contributed by atoms with Gasteiger partial charge in [-0.3, -0.25) is 10.3 Å². The van der Waals surface area contributed by atoms with Crippen molar-refractivity contribution in [3.05, 3.63) is 65.2 Å². The summed E-state index contributed by atoms with van der Waals surface area (Å²) in [6.45, 7) is 3.02. The highest BCUT2D eigenvalue weighted by atomic mass is 35.5. The van der Waals surface area contributed by atoms with Crippen molar-refractivity contribution in [2.45, 2.75) is 26.2 Å². The zero-order valence-electron chi connectivity index (χ0n) is 18.3. The number of thiazole rings is 1. The molecule has 3 aromatic heterocycles. The fourth-order valence-electron chi connectivity index (χ4n) is 3.91. The standard InChI is InChI=1S/C24H21ClFN5O2S/c1-2-3-19-22(33-13-28-19)15-10-17(25)21(27-12-15)14-6-8-31(9-7-14)24(32)30-23-29-18-5-4-16(26)11-20(18)34-23/h4-6,10-13H,2-3,7-9H2,1H3,(H,29,30,32). The summed E-state index contributed by atoms with van der Waals surface area (Å²) in [5.74, 6) is 0.367. The average molecular weight is 498 g/mol. The van der Waals surface area contributed by atoms with Crippen LogP contribution in [0.2, 0.25) is 5.02 Å². The molecule has 0 saturated heterocycles. The van der Waals surface area contributed by atoms with E-state index in [2.05, 4.69) is 27.2 Å². The van der Waals surface area contributed by atoms with E-state index < -0.39 is 0 Å². The van der Waals surface area contributed by atoms with E-state index in [1.807, 2.05) is 12.1 Å². The lowest BCUT2D eigenvalue weighted by molar-refractivity contribution is 0.217. The maximum atomic E-state index is 13.4. The average Bonchev–Trinajstić information content (AvgIpc) is 3.45. The molecule has 1 aliphatic heterocycles. The molecule has 1 aliphatic rings. The van der Waals surface area contributed by atoms with Crippen LogP contribution in [0, 0.1) is 5.82 Å². The number of carbonyl (C=O) groups is 1. The van der Waals surface area contributed by atoms with Crippen LogP contribution in [0.5, 0.6) is 0 Å². The van der Waals surface area contributed by atoms with Crippen molar-refractivity contribution in [1.29, 1.82) is 0 Å². The minimum atomic E-state index is -0.328. The lowest BCUT2D eigenvalue weighted by atomic mass is 10.0. The number of pyridine rings is 1. The minimum absolute atomic E-state index is 0.252. The Hall–Kier alpha value is -3.30. The maximum Gasteiger partial charge on any atom is 0.323 e. The first-order valence-corrected chi connectivity index (χ1v) is 12.1. The molecule has 1 N–H and O–H groups in total. The zero-order valence-corrected chi connectivity index (χ0v) is 19.9. The van der Waals surface area contributed by atoms with Gasteiger partial charge in [0.1, 0.15) is 5.82 Å². The third-order valence-corrected chi connectivity index (χ3v) is 6.82. The minimum Gasteiger partial charge on any atom is -0.443 e. The first kappa shape index (κ1) is 22.5. The Labute approximate surface area is 204 Å². The fraction of sp³-hybridized carbons (Fsp3) is 0.250. The molecule has 0 saturated carbocycles. The number of urea groups is 1. The van der Waals surface area contributed by atoms with Gasteiger partial charge in [-0.1, -0.05) is 42.4 Å². The molecule has 2 amide bonds. The highest BCUT2D eigenvalue weighted by Crippen LogP contribution is 2.32. The molecule has 34 heavy (non-hydrogen) atoms. The second-order valence-electron chi connectivity index (χ2n) is 7.92. The van der Waals surface area contributed by atoms with Gasteiger partial charge in [-0.15, -0.1) is 0 Å².